The molecule has 0 saturated carbocycles. The summed E-state index contributed by atoms with van der Waals surface area (Å²) in [5.74, 6) is -0.279. The van der Waals surface area contributed by atoms with E-state index < -0.39 is 0 Å². The third kappa shape index (κ3) is 1.80. The average molecular weight is 256 g/mol. The second kappa shape index (κ2) is 4.31. The monoisotopic (exact) mass is 256 g/mol. The summed E-state index contributed by atoms with van der Waals surface area (Å²) in [5, 5.41) is 0.868. The quantitative estimate of drug-likeness (QED) is 0.664. The van der Waals surface area contributed by atoms with Crippen molar-refractivity contribution in [3.05, 3.63) is 59.0 Å². The van der Waals surface area contributed by atoms with Gasteiger partial charge in [-0.1, -0.05) is 24.4 Å². The molecular weight excluding hydrogens is 247 g/mol. The third-order valence-corrected chi connectivity index (χ3v) is 3.10. The molecule has 0 fully saturated rings. The van der Waals surface area contributed by atoms with E-state index in [9.17, 15) is 4.39 Å². The largest absolute Gasteiger partial charge is 0.339 e. The van der Waals surface area contributed by atoms with Gasteiger partial charge in [0.1, 0.15) is 11.5 Å². The summed E-state index contributed by atoms with van der Waals surface area (Å²) >= 11 is 5.30. The molecule has 0 atom stereocenters. The van der Waals surface area contributed by atoms with E-state index in [0.29, 0.717) is 21.4 Å². The molecule has 0 unspecified atom stereocenters. The fourth-order valence-electron chi connectivity index (χ4n) is 1.90. The number of aromatic amines is 1. The number of H-pyrrole nitrogens is 1. The van der Waals surface area contributed by atoms with Gasteiger partial charge in [-0.2, -0.15) is 0 Å². The molecule has 0 bridgehead atoms. The van der Waals surface area contributed by atoms with Gasteiger partial charge in [0, 0.05) is 17.1 Å². The Bertz CT molecular complexity index is 780. The van der Waals surface area contributed by atoms with Crippen molar-refractivity contribution in [1.82, 2.24) is 9.97 Å². The van der Waals surface area contributed by atoms with Crippen LogP contribution in [0.1, 0.15) is 0 Å². The standard InChI is InChI=1S/C14H9FN2S/c15-11-6-2-1-4-9(11)12-8-13(18)10-5-3-7-16-14(10)17-12/h1-8H,(H,16,17,18). The van der Waals surface area contributed by atoms with Crippen molar-refractivity contribution in [3.8, 4) is 11.3 Å². The first-order valence-electron chi connectivity index (χ1n) is 5.48. The number of hydrogen-bond acceptors (Lipinski definition) is 2. The molecule has 18 heavy (non-hydrogen) atoms. The zero-order chi connectivity index (χ0) is 12.5. The zero-order valence-electron chi connectivity index (χ0n) is 9.35. The van der Waals surface area contributed by atoms with E-state index in [2.05, 4.69) is 9.97 Å². The molecule has 0 spiro atoms. The smallest absolute Gasteiger partial charge is 0.139 e. The van der Waals surface area contributed by atoms with Gasteiger partial charge in [0.15, 0.2) is 0 Å². The summed E-state index contributed by atoms with van der Waals surface area (Å²) in [6.45, 7) is 0. The lowest BCUT2D eigenvalue weighted by atomic mass is 10.1. The first-order chi connectivity index (χ1) is 8.75. The molecule has 2 nitrogen and oxygen atoms in total. The Hall–Kier alpha value is -2.07. The fourth-order valence-corrected chi connectivity index (χ4v) is 2.18. The number of hydrogen-bond donors (Lipinski definition) is 1. The second-order valence-corrected chi connectivity index (χ2v) is 4.37. The number of benzene rings is 1. The molecule has 2 heterocycles. The van der Waals surface area contributed by atoms with Crippen LogP contribution in [0.3, 0.4) is 0 Å². The highest BCUT2D eigenvalue weighted by Gasteiger charge is 2.06. The van der Waals surface area contributed by atoms with E-state index >= 15 is 0 Å². The van der Waals surface area contributed by atoms with Crippen molar-refractivity contribution in [2.75, 3.05) is 0 Å². The van der Waals surface area contributed by atoms with E-state index in [1.165, 1.54) is 6.07 Å². The molecule has 88 valence electrons. The van der Waals surface area contributed by atoms with Gasteiger partial charge < -0.3 is 4.98 Å². The topological polar surface area (TPSA) is 28.7 Å². The Morgan fingerprint density at radius 2 is 1.94 bits per heavy atom. The summed E-state index contributed by atoms with van der Waals surface area (Å²) in [4.78, 5) is 7.32. The number of fused-ring (bicyclic) bond motifs is 1. The molecule has 1 N–H and O–H groups in total. The molecule has 0 radical (unpaired) electrons. The molecule has 4 heteroatoms. The number of rotatable bonds is 1. The average Bonchev–Trinajstić information content (AvgIpc) is 2.39. The lowest BCUT2D eigenvalue weighted by Crippen LogP contribution is -1.91. The highest BCUT2D eigenvalue weighted by molar-refractivity contribution is 7.71. The minimum atomic E-state index is -0.279. The summed E-state index contributed by atoms with van der Waals surface area (Å²) < 4.78 is 14.4. The van der Waals surface area contributed by atoms with Crippen LogP contribution in [0.15, 0.2) is 48.7 Å². The van der Waals surface area contributed by atoms with Crippen LogP contribution in [0.25, 0.3) is 22.3 Å². The van der Waals surface area contributed by atoms with Crippen molar-refractivity contribution >= 4 is 23.3 Å². The van der Waals surface area contributed by atoms with Gasteiger partial charge in [0.05, 0.1) is 10.2 Å². The fraction of sp³-hybridized carbons (Fsp3) is 0. The molecule has 0 aliphatic carbocycles. The highest BCUT2D eigenvalue weighted by atomic mass is 32.1. The minimum Gasteiger partial charge on any atom is -0.339 e. The molecular formula is C14H9FN2S. The maximum absolute atomic E-state index is 13.7. The Morgan fingerprint density at radius 3 is 2.78 bits per heavy atom. The summed E-state index contributed by atoms with van der Waals surface area (Å²) in [7, 11) is 0. The Labute approximate surface area is 108 Å². The van der Waals surface area contributed by atoms with Crippen LogP contribution >= 0.6 is 12.2 Å². The van der Waals surface area contributed by atoms with Gasteiger partial charge in [0.25, 0.3) is 0 Å². The molecule has 0 amide bonds. The van der Waals surface area contributed by atoms with E-state index in [0.717, 1.165) is 5.39 Å². The van der Waals surface area contributed by atoms with Crippen molar-refractivity contribution in [3.63, 3.8) is 0 Å². The minimum absolute atomic E-state index is 0.279. The van der Waals surface area contributed by atoms with Crippen molar-refractivity contribution in [1.29, 1.82) is 0 Å². The van der Waals surface area contributed by atoms with Crippen molar-refractivity contribution < 1.29 is 4.39 Å². The summed E-state index contributed by atoms with van der Waals surface area (Å²) in [6, 6.07) is 12.1. The van der Waals surface area contributed by atoms with Crippen LogP contribution < -0.4 is 0 Å². The number of nitrogens with zero attached hydrogens (tertiary/aromatic N) is 1. The zero-order valence-corrected chi connectivity index (χ0v) is 10.2. The molecule has 0 aliphatic rings. The van der Waals surface area contributed by atoms with E-state index in [-0.39, 0.29) is 5.82 Å². The lowest BCUT2D eigenvalue weighted by molar-refractivity contribution is 0.631. The van der Waals surface area contributed by atoms with Gasteiger partial charge in [-0.05, 0) is 30.3 Å². The molecule has 2 aromatic heterocycles. The SMILES string of the molecule is Fc1ccccc1-c1cc(=S)c2cccnc2[nH]1. The summed E-state index contributed by atoms with van der Waals surface area (Å²) in [5.41, 5.74) is 1.81. The molecule has 3 aromatic rings. The third-order valence-electron chi connectivity index (χ3n) is 2.77. The van der Waals surface area contributed by atoms with Gasteiger partial charge in [-0.15, -0.1) is 0 Å². The molecule has 0 aliphatic heterocycles. The van der Waals surface area contributed by atoms with Crippen LogP contribution in [0.5, 0.6) is 0 Å². The second-order valence-electron chi connectivity index (χ2n) is 3.93. The normalized spacial score (nSPS) is 10.7. The number of aromatic nitrogens is 2. The van der Waals surface area contributed by atoms with Crippen LogP contribution in [-0.4, -0.2) is 9.97 Å². The molecule has 0 saturated heterocycles. The maximum atomic E-state index is 13.7. The number of halogens is 1. The van der Waals surface area contributed by atoms with Crippen LogP contribution in [-0.2, 0) is 0 Å². The van der Waals surface area contributed by atoms with Crippen LogP contribution in [0.4, 0.5) is 4.39 Å². The van der Waals surface area contributed by atoms with Crippen molar-refractivity contribution in [2.45, 2.75) is 0 Å². The van der Waals surface area contributed by atoms with Gasteiger partial charge in [0.2, 0.25) is 0 Å². The van der Waals surface area contributed by atoms with Crippen LogP contribution in [0.2, 0.25) is 0 Å². The lowest BCUT2D eigenvalue weighted by Gasteiger charge is -2.05. The Kier molecular flexibility index (Phi) is 2.64. The Morgan fingerprint density at radius 1 is 1.11 bits per heavy atom. The van der Waals surface area contributed by atoms with E-state index in [1.54, 1.807) is 30.5 Å². The first kappa shape index (κ1) is 11.0. The van der Waals surface area contributed by atoms with E-state index in [4.69, 9.17) is 12.2 Å². The van der Waals surface area contributed by atoms with Gasteiger partial charge >= 0.3 is 0 Å². The predicted molar refractivity (Wildman–Crippen MR) is 72.3 cm³/mol. The maximum Gasteiger partial charge on any atom is 0.139 e. The Balaban J connectivity index is 2.32. The van der Waals surface area contributed by atoms with Crippen LogP contribution in [0, 0.1) is 10.3 Å². The summed E-state index contributed by atoms with van der Waals surface area (Å²) in [6.07, 6.45) is 1.68. The highest BCUT2D eigenvalue weighted by Crippen LogP contribution is 2.23. The van der Waals surface area contributed by atoms with Gasteiger partial charge in [-0.3, -0.25) is 0 Å². The molecule has 1 aromatic carbocycles. The number of nitrogens with one attached hydrogen (secondary N) is 1. The van der Waals surface area contributed by atoms with Crippen molar-refractivity contribution in [2.24, 2.45) is 0 Å². The predicted octanol–water partition coefficient (Wildman–Crippen LogP) is 4.10. The molecule has 3 rings (SSSR count). The first-order valence-corrected chi connectivity index (χ1v) is 5.89. The number of pyridine rings is 2. The van der Waals surface area contributed by atoms with E-state index in [1.807, 2.05) is 12.1 Å². The van der Waals surface area contributed by atoms with Gasteiger partial charge in [-0.25, -0.2) is 9.37 Å².